The van der Waals surface area contributed by atoms with E-state index in [1.54, 1.807) is 14.2 Å². The lowest BCUT2D eigenvalue weighted by atomic mass is 9.91. The summed E-state index contributed by atoms with van der Waals surface area (Å²) < 4.78 is 11.1. The minimum absolute atomic E-state index is 0.0170. The van der Waals surface area contributed by atoms with Crippen LogP contribution in [0, 0.1) is 0 Å². The highest BCUT2D eigenvalue weighted by atomic mass is 32.1. The molecule has 1 aliphatic rings. The molecule has 0 fully saturated rings. The van der Waals surface area contributed by atoms with Crippen LogP contribution in [0.15, 0.2) is 60.0 Å². The molecule has 1 amide bonds. The van der Waals surface area contributed by atoms with Gasteiger partial charge in [0.2, 0.25) is 0 Å². The Hall–Kier alpha value is -2.83. The van der Waals surface area contributed by atoms with Gasteiger partial charge < -0.3 is 19.7 Å². The standard InChI is InChI=1S/C24H26N2O3S/c1-28-21-13-18-10-11-26(16-17-7-4-3-5-8-17)20(19(18)14-22(21)29-2)15-25-24(27)23-9-6-12-30-23/h3-9,12-14,20H,10-11,15-16H2,1-2H3,(H,25,27)/p+1/t20-/m0/s1. The van der Waals surface area contributed by atoms with Crippen molar-refractivity contribution in [3.8, 4) is 11.5 Å². The number of fused-ring (bicyclic) bond motifs is 1. The van der Waals surface area contributed by atoms with Crippen molar-refractivity contribution in [3.05, 3.63) is 81.5 Å². The van der Waals surface area contributed by atoms with Crippen molar-refractivity contribution in [2.24, 2.45) is 0 Å². The molecule has 30 heavy (non-hydrogen) atoms. The zero-order chi connectivity index (χ0) is 20.9. The number of carbonyl (C=O) groups excluding carboxylic acids is 1. The van der Waals surface area contributed by atoms with Crippen LogP contribution in [-0.4, -0.2) is 33.2 Å². The van der Waals surface area contributed by atoms with Crippen molar-refractivity contribution in [2.75, 3.05) is 27.3 Å². The number of thiophene rings is 1. The van der Waals surface area contributed by atoms with Gasteiger partial charge in [-0.25, -0.2) is 0 Å². The number of amides is 1. The fourth-order valence-electron chi connectivity index (χ4n) is 4.18. The minimum Gasteiger partial charge on any atom is -0.493 e. The van der Waals surface area contributed by atoms with Crippen LogP contribution in [0.2, 0.25) is 0 Å². The van der Waals surface area contributed by atoms with E-state index in [2.05, 4.69) is 41.7 Å². The number of ether oxygens (including phenoxy) is 2. The molecule has 1 unspecified atom stereocenters. The molecular formula is C24H27N2O3S+. The fourth-order valence-corrected chi connectivity index (χ4v) is 4.82. The number of rotatable bonds is 7. The smallest absolute Gasteiger partial charge is 0.261 e. The Balaban J connectivity index is 1.63. The monoisotopic (exact) mass is 423 g/mol. The maximum Gasteiger partial charge on any atom is 0.261 e. The number of hydrogen-bond acceptors (Lipinski definition) is 4. The lowest BCUT2D eigenvalue weighted by molar-refractivity contribution is -0.945. The van der Waals surface area contributed by atoms with Crippen LogP contribution >= 0.6 is 11.3 Å². The number of quaternary nitrogens is 1. The van der Waals surface area contributed by atoms with Gasteiger partial charge in [-0.05, 0) is 29.1 Å². The van der Waals surface area contributed by atoms with Gasteiger partial charge in [0.1, 0.15) is 12.6 Å². The summed E-state index contributed by atoms with van der Waals surface area (Å²) in [6.45, 7) is 2.48. The summed E-state index contributed by atoms with van der Waals surface area (Å²) in [6, 6.07) is 18.6. The van der Waals surface area contributed by atoms with E-state index in [9.17, 15) is 4.79 Å². The van der Waals surface area contributed by atoms with E-state index in [-0.39, 0.29) is 11.9 Å². The van der Waals surface area contributed by atoms with Crippen LogP contribution < -0.4 is 19.7 Å². The van der Waals surface area contributed by atoms with Crippen molar-refractivity contribution in [1.29, 1.82) is 0 Å². The highest BCUT2D eigenvalue weighted by molar-refractivity contribution is 7.12. The minimum atomic E-state index is -0.0170. The molecule has 3 aromatic rings. The normalized spacial score (nSPS) is 17.8. The Labute approximate surface area is 181 Å². The molecule has 1 aromatic heterocycles. The molecule has 0 aliphatic carbocycles. The molecule has 0 spiro atoms. The zero-order valence-corrected chi connectivity index (χ0v) is 18.1. The van der Waals surface area contributed by atoms with Gasteiger partial charge in [0.15, 0.2) is 11.5 Å². The SMILES string of the molecule is COc1cc2c(cc1OC)[C@H](CNC(=O)c1cccs1)[NH+](Cc1ccccc1)CC2. The number of hydrogen-bond donors (Lipinski definition) is 2. The molecular weight excluding hydrogens is 396 g/mol. The topological polar surface area (TPSA) is 52.0 Å². The summed E-state index contributed by atoms with van der Waals surface area (Å²) in [4.78, 5) is 14.8. The van der Waals surface area contributed by atoms with Gasteiger partial charge in [-0.3, -0.25) is 4.79 Å². The Morgan fingerprint density at radius 2 is 1.87 bits per heavy atom. The average Bonchev–Trinajstić information content (AvgIpc) is 3.33. The van der Waals surface area contributed by atoms with Crippen LogP contribution in [0.3, 0.4) is 0 Å². The molecule has 0 saturated heterocycles. The van der Waals surface area contributed by atoms with Crippen molar-refractivity contribution < 1.29 is 19.2 Å². The highest BCUT2D eigenvalue weighted by Gasteiger charge is 2.33. The molecule has 1 aliphatic heterocycles. The molecule has 0 radical (unpaired) electrons. The van der Waals surface area contributed by atoms with Crippen LogP contribution in [-0.2, 0) is 13.0 Å². The van der Waals surface area contributed by atoms with Gasteiger partial charge in [0, 0.05) is 17.5 Å². The first-order valence-corrected chi connectivity index (χ1v) is 11.0. The van der Waals surface area contributed by atoms with E-state index in [1.807, 2.05) is 23.6 Å². The lowest BCUT2D eigenvalue weighted by Gasteiger charge is -2.35. The second-order valence-corrected chi connectivity index (χ2v) is 8.41. The maximum absolute atomic E-state index is 12.6. The predicted octanol–water partition coefficient (Wildman–Crippen LogP) is 2.88. The number of methoxy groups -OCH3 is 2. The van der Waals surface area contributed by atoms with Gasteiger partial charge >= 0.3 is 0 Å². The van der Waals surface area contributed by atoms with Gasteiger partial charge in [0.05, 0.1) is 32.2 Å². The third-order valence-electron chi connectivity index (χ3n) is 5.71. The van der Waals surface area contributed by atoms with Crippen molar-refractivity contribution in [1.82, 2.24) is 5.32 Å². The molecule has 0 saturated carbocycles. The Morgan fingerprint density at radius 3 is 2.57 bits per heavy atom. The molecule has 4 rings (SSSR count). The third-order valence-corrected chi connectivity index (χ3v) is 6.58. The quantitative estimate of drug-likeness (QED) is 0.615. The van der Waals surface area contributed by atoms with Crippen LogP contribution in [0.25, 0.3) is 0 Å². The van der Waals surface area contributed by atoms with Gasteiger partial charge in [-0.15, -0.1) is 11.3 Å². The number of benzene rings is 2. The molecule has 156 valence electrons. The van der Waals surface area contributed by atoms with E-state index in [0.29, 0.717) is 6.54 Å². The predicted molar refractivity (Wildman–Crippen MR) is 119 cm³/mol. The van der Waals surface area contributed by atoms with Gasteiger partial charge in [0.25, 0.3) is 5.91 Å². The Morgan fingerprint density at radius 1 is 1.10 bits per heavy atom. The van der Waals surface area contributed by atoms with E-state index in [1.165, 1.54) is 32.9 Å². The van der Waals surface area contributed by atoms with Gasteiger partial charge in [-0.2, -0.15) is 0 Å². The first-order valence-electron chi connectivity index (χ1n) is 10.1. The first-order chi connectivity index (χ1) is 14.7. The van der Waals surface area contributed by atoms with Crippen molar-refractivity contribution in [3.63, 3.8) is 0 Å². The van der Waals surface area contributed by atoms with E-state index < -0.39 is 0 Å². The van der Waals surface area contributed by atoms with Crippen LogP contribution in [0.4, 0.5) is 0 Å². The average molecular weight is 424 g/mol. The third kappa shape index (κ3) is 4.35. The second kappa shape index (κ2) is 9.32. The molecule has 2 atom stereocenters. The maximum atomic E-state index is 12.6. The first kappa shape index (κ1) is 20.4. The lowest BCUT2D eigenvalue weighted by Crippen LogP contribution is -3.12. The zero-order valence-electron chi connectivity index (χ0n) is 17.3. The molecule has 2 N–H and O–H groups in total. The van der Waals surface area contributed by atoms with Crippen LogP contribution in [0.1, 0.15) is 32.4 Å². The summed E-state index contributed by atoms with van der Waals surface area (Å²) in [5.41, 5.74) is 3.78. The summed E-state index contributed by atoms with van der Waals surface area (Å²) in [6.07, 6.45) is 0.966. The summed E-state index contributed by atoms with van der Waals surface area (Å²) in [5.74, 6) is 1.47. The molecule has 6 heteroatoms. The van der Waals surface area contributed by atoms with E-state index in [4.69, 9.17) is 9.47 Å². The second-order valence-electron chi connectivity index (χ2n) is 7.47. The number of nitrogens with one attached hydrogen (secondary N) is 2. The largest absolute Gasteiger partial charge is 0.493 e. The van der Waals surface area contributed by atoms with Gasteiger partial charge in [-0.1, -0.05) is 36.4 Å². The molecule has 2 heterocycles. The van der Waals surface area contributed by atoms with Crippen LogP contribution in [0.5, 0.6) is 11.5 Å². The summed E-state index contributed by atoms with van der Waals surface area (Å²) in [5, 5.41) is 5.08. The summed E-state index contributed by atoms with van der Waals surface area (Å²) in [7, 11) is 3.33. The Bertz CT molecular complexity index is 989. The molecule has 2 aromatic carbocycles. The van der Waals surface area contributed by atoms with E-state index >= 15 is 0 Å². The highest BCUT2D eigenvalue weighted by Crippen LogP contribution is 2.34. The van der Waals surface area contributed by atoms with Crippen molar-refractivity contribution in [2.45, 2.75) is 19.0 Å². The Kier molecular flexibility index (Phi) is 6.35. The van der Waals surface area contributed by atoms with Crippen molar-refractivity contribution >= 4 is 17.2 Å². The van der Waals surface area contributed by atoms with E-state index in [0.717, 1.165) is 35.9 Å². The molecule has 5 nitrogen and oxygen atoms in total. The number of carbonyl (C=O) groups is 1. The molecule has 0 bridgehead atoms. The fraction of sp³-hybridized carbons (Fsp3) is 0.292. The summed E-state index contributed by atoms with van der Waals surface area (Å²) >= 11 is 1.46.